The number of nitrogens with zero attached hydrogens (tertiary/aromatic N) is 2. The summed E-state index contributed by atoms with van der Waals surface area (Å²) in [6.07, 6.45) is 2.19. The van der Waals surface area contributed by atoms with Crippen LogP contribution in [0.2, 0.25) is 0 Å². The van der Waals surface area contributed by atoms with Crippen molar-refractivity contribution in [2.24, 2.45) is 0 Å². The van der Waals surface area contributed by atoms with Crippen LogP contribution < -0.4 is 10.1 Å². The van der Waals surface area contributed by atoms with Gasteiger partial charge in [0.1, 0.15) is 5.75 Å². The number of hydrogen-bond acceptors (Lipinski definition) is 3. The number of urea groups is 1. The molecule has 0 radical (unpaired) electrons. The van der Waals surface area contributed by atoms with E-state index in [-0.39, 0.29) is 6.03 Å². The van der Waals surface area contributed by atoms with Gasteiger partial charge in [0.05, 0.1) is 7.11 Å². The first-order chi connectivity index (χ1) is 13.2. The van der Waals surface area contributed by atoms with Gasteiger partial charge in [-0.25, -0.2) is 4.79 Å². The fraction of sp³-hybridized carbons (Fsp3) is 0.409. The van der Waals surface area contributed by atoms with E-state index < -0.39 is 0 Å². The van der Waals surface area contributed by atoms with E-state index in [1.807, 2.05) is 29.2 Å². The van der Waals surface area contributed by atoms with Gasteiger partial charge < -0.3 is 15.0 Å². The average molecular weight is 365 g/mol. The van der Waals surface area contributed by atoms with Crippen molar-refractivity contribution >= 4 is 11.7 Å². The van der Waals surface area contributed by atoms with Crippen LogP contribution in [0.4, 0.5) is 10.5 Å². The van der Waals surface area contributed by atoms with E-state index in [0.717, 1.165) is 50.5 Å². The summed E-state index contributed by atoms with van der Waals surface area (Å²) in [7, 11) is 1.64. The number of methoxy groups -OCH3 is 1. The lowest BCUT2D eigenvalue weighted by Crippen LogP contribution is -2.61. The Labute approximate surface area is 160 Å². The lowest BCUT2D eigenvalue weighted by atomic mass is 9.81. The quantitative estimate of drug-likeness (QED) is 0.900. The van der Waals surface area contributed by atoms with Crippen LogP contribution in [0.5, 0.6) is 5.75 Å². The van der Waals surface area contributed by atoms with Gasteiger partial charge in [0.2, 0.25) is 0 Å². The van der Waals surface area contributed by atoms with E-state index in [2.05, 4.69) is 40.5 Å². The van der Waals surface area contributed by atoms with Gasteiger partial charge in [-0.05, 0) is 49.2 Å². The molecule has 5 nitrogen and oxygen atoms in total. The average Bonchev–Trinajstić information content (AvgIpc) is 2.68. The highest BCUT2D eigenvalue weighted by molar-refractivity contribution is 5.89. The maximum atomic E-state index is 12.9. The number of benzene rings is 2. The highest BCUT2D eigenvalue weighted by atomic mass is 16.5. The van der Waals surface area contributed by atoms with Gasteiger partial charge in [0, 0.05) is 37.3 Å². The molecule has 2 aromatic rings. The normalized spacial score (nSPS) is 22.8. The molecule has 1 unspecified atom stereocenters. The molecular formula is C22H27N3O2. The summed E-state index contributed by atoms with van der Waals surface area (Å²) in [5.74, 6) is 1.30. The molecule has 2 amide bonds. The van der Waals surface area contributed by atoms with Crippen LogP contribution in [0, 0.1) is 0 Å². The summed E-state index contributed by atoms with van der Waals surface area (Å²) >= 11 is 0. The lowest BCUT2D eigenvalue weighted by molar-refractivity contribution is 0.0272. The minimum Gasteiger partial charge on any atom is -0.497 e. The maximum Gasteiger partial charge on any atom is 0.321 e. The van der Waals surface area contributed by atoms with Crippen LogP contribution in [0.15, 0.2) is 54.6 Å². The first kappa shape index (κ1) is 17.9. The van der Waals surface area contributed by atoms with Gasteiger partial charge in [-0.1, -0.05) is 30.3 Å². The van der Waals surface area contributed by atoms with Gasteiger partial charge in [0.15, 0.2) is 0 Å². The fourth-order valence-electron chi connectivity index (χ4n) is 4.15. The second-order valence-corrected chi connectivity index (χ2v) is 7.39. The van der Waals surface area contributed by atoms with Crippen molar-refractivity contribution in [2.45, 2.75) is 24.8 Å². The van der Waals surface area contributed by atoms with Gasteiger partial charge in [-0.2, -0.15) is 0 Å². The van der Waals surface area contributed by atoms with Crippen molar-refractivity contribution < 1.29 is 9.53 Å². The van der Waals surface area contributed by atoms with Crippen LogP contribution in [-0.4, -0.2) is 55.2 Å². The highest BCUT2D eigenvalue weighted by Gasteiger charge is 2.41. The first-order valence-electron chi connectivity index (χ1n) is 9.73. The van der Waals surface area contributed by atoms with Gasteiger partial charge in [0.25, 0.3) is 0 Å². The Morgan fingerprint density at radius 3 is 2.48 bits per heavy atom. The standard InChI is InChI=1S/C22H27N3O2/c1-27-19-11-9-18(10-12-19)23-22(26)25-14-6-5-13-24-15-20(21(24)16-25)17-7-3-2-4-8-17/h2-4,7-12,20-21H,5-6,13-16H2,1H3,(H,23,26)/t20?,21-/m0/s1. The summed E-state index contributed by atoms with van der Waals surface area (Å²) in [5.41, 5.74) is 2.18. The Balaban J connectivity index is 1.44. The van der Waals surface area contributed by atoms with Gasteiger partial charge >= 0.3 is 6.03 Å². The molecule has 142 valence electrons. The Bertz CT molecular complexity index is 763. The Hall–Kier alpha value is -2.53. The van der Waals surface area contributed by atoms with E-state index in [1.54, 1.807) is 7.11 Å². The molecule has 0 aliphatic carbocycles. The topological polar surface area (TPSA) is 44.8 Å². The molecule has 2 aliphatic rings. The molecule has 0 spiro atoms. The summed E-state index contributed by atoms with van der Waals surface area (Å²) in [6, 6.07) is 18.6. The molecule has 2 saturated heterocycles. The van der Waals surface area contributed by atoms with Gasteiger partial charge in [-0.3, -0.25) is 4.90 Å². The number of ether oxygens (including phenoxy) is 1. The summed E-state index contributed by atoms with van der Waals surface area (Å²) in [6.45, 7) is 3.83. The largest absolute Gasteiger partial charge is 0.497 e. The number of hydrogen-bond donors (Lipinski definition) is 1. The van der Waals surface area contributed by atoms with Crippen molar-refractivity contribution in [3.63, 3.8) is 0 Å². The molecule has 0 aromatic heterocycles. The van der Waals surface area contributed by atoms with Crippen LogP contribution in [0.25, 0.3) is 0 Å². The zero-order valence-electron chi connectivity index (χ0n) is 15.8. The number of carbonyl (C=O) groups is 1. The van der Waals surface area contributed by atoms with Crippen molar-refractivity contribution in [1.29, 1.82) is 0 Å². The van der Waals surface area contributed by atoms with Crippen molar-refractivity contribution in [3.05, 3.63) is 60.2 Å². The van der Waals surface area contributed by atoms with Crippen molar-refractivity contribution in [3.8, 4) is 5.75 Å². The smallest absolute Gasteiger partial charge is 0.321 e. The van der Waals surface area contributed by atoms with Crippen LogP contribution in [0.3, 0.4) is 0 Å². The monoisotopic (exact) mass is 365 g/mol. The molecular weight excluding hydrogens is 338 g/mol. The minimum absolute atomic E-state index is 0.0132. The summed E-state index contributed by atoms with van der Waals surface area (Å²) < 4.78 is 5.18. The number of nitrogens with one attached hydrogen (secondary N) is 1. The molecule has 0 bridgehead atoms. The van der Waals surface area contributed by atoms with E-state index >= 15 is 0 Å². The van der Waals surface area contributed by atoms with E-state index in [4.69, 9.17) is 4.74 Å². The molecule has 1 N–H and O–H groups in total. The molecule has 2 aromatic carbocycles. The SMILES string of the molecule is COc1ccc(NC(=O)N2CCCCN3CC(c4ccccc4)[C@@H]3C2)cc1. The maximum absolute atomic E-state index is 12.9. The number of rotatable bonds is 3. The number of amides is 2. The zero-order chi connectivity index (χ0) is 18.6. The lowest BCUT2D eigenvalue weighted by Gasteiger charge is -2.51. The number of anilines is 1. The number of carbonyl (C=O) groups excluding carboxylic acids is 1. The van der Waals surface area contributed by atoms with Crippen LogP contribution >= 0.6 is 0 Å². The Morgan fingerprint density at radius 1 is 1.00 bits per heavy atom. The zero-order valence-corrected chi connectivity index (χ0v) is 15.8. The predicted octanol–water partition coefficient (Wildman–Crippen LogP) is 3.79. The third-order valence-corrected chi connectivity index (χ3v) is 5.75. The Kier molecular flexibility index (Phi) is 5.30. The van der Waals surface area contributed by atoms with E-state index in [0.29, 0.717) is 12.0 Å². The molecule has 0 saturated carbocycles. The Morgan fingerprint density at radius 2 is 1.74 bits per heavy atom. The minimum atomic E-state index is -0.0132. The summed E-state index contributed by atoms with van der Waals surface area (Å²) in [5, 5.41) is 3.04. The second-order valence-electron chi connectivity index (χ2n) is 7.39. The third kappa shape index (κ3) is 3.93. The van der Waals surface area contributed by atoms with Crippen molar-refractivity contribution in [2.75, 3.05) is 38.6 Å². The molecule has 27 heavy (non-hydrogen) atoms. The number of fused-ring (bicyclic) bond motifs is 1. The van der Waals surface area contributed by atoms with Crippen molar-refractivity contribution in [1.82, 2.24) is 9.80 Å². The van der Waals surface area contributed by atoms with Crippen LogP contribution in [-0.2, 0) is 0 Å². The molecule has 4 rings (SSSR count). The predicted molar refractivity (Wildman–Crippen MR) is 107 cm³/mol. The fourth-order valence-corrected chi connectivity index (χ4v) is 4.15. The summed E-state index contributed by atoms with van der Waals surface area (Å²) in [4.78, 5) is 17.4. The van der Waals surface area contributed by atoms with E-state index in [1.165, 1.54) is 5.56 Å². The third-order valence-electron chi connectivity index (χ3n) is 5.75. The first-order valence-corrected chi connectivity index (χ1v) is 9.73. The van der Waals surface area contributed by atoms with Gasteiger partial charge in [-0.15, -0.1) is 0 Å². The molecule has 5 heteroatoms. The molecule has 2 fully saturated rings. The second kappa shape index (κ2) is 8.01. The highest BCUT2D eigenvalue weighted by Crippen LogP contribution is 2.35. The molecule has 2 atom stereocenters. The van der Waals surface area contributed by atoms with Crippen LogP contribution in [0.1, 0.15) is 24.3 Å². The van der Waals surface area contributed by atoms with E-state index in [9.17, 15) is 4.79 Å². The molecule has 2 heterocycles. The molecule has 2 aliphatic heterocycles.